The smallest absolute Gasteiger partial charge is 0.343 e. The molecule has 2 heterocycles. The first-order chi connectivity index (χ1) is 14.5. The number of hydrogen-bond donors (Lipinski definition) is 2. The van der Waals surface area contributed by atoms with Gasteiger partial charge in [0.1, 0.15) is 11.4 Å². The van der Waals surface area contributed by atoms with Crippen molar-refractivity contribution in [1.82, 2.24) is 15.0 Å². The van der Waals surface area contributed by atoms with Gasteiger partial charge in [-0.25, -0.2) is 19.7 Å². The lowest BCUT2D eigenvalue weighted by molar-refractivity contribution is -0.113. The number of anilines is 2. The molecule has 0 saturated heterocycles. The molecule has 0 spiro atoms. The molecule has 0 fully saturated rings. The maximum Gasteiger partial charge on any atom is 0.343 e. The Morgan fingerprint density at radius 1 is 1.27 bits per heavy atom. The lowest BCUT2D eigenvalue weighted by Gasteiger charge is -2.13. The van der Waals surface area contributed by atoms with Crippen molar-refractivity contribution in [2.45, 2.75) is 24.9 Å². The number of benzene rings is 1. The van der Waals surface area contributed by atoms with E-state index < -0.39 is 5.97 Å². The van der Waals surface area contributed by atoms with Gasteiger partial charge in [0.25, 0.3) is 0 Å². The van der Waals surface area contributed by atoms with Crippen LogP contribution in [-0.4, -0.2) is 39.2 Å². The molecule has 8 nitrogen and oxygen atoms in total. The number of nitrogens with one attached hydrogen (secondary N) is 1. The third kappa shape index (κ3) is 4.29. The predicted octanol–water partition coefficient (Wildman–Crippen LogP) is 3.19. The molecule has 1 aromatic carbocycles. The number of amides is 1. The topological polar surface area (TPSA) is 120 Å². The number of hydrogen-bond acceptors (Lipinski definition) is 9. The summed E-state index contributed by atoms with van der Waals surface area (Å²) in [5, 5.41) is 3.74. The van der Waals surface area contributed by atoms with Crippen LogP contribution in [-0.2, 0) is 22.4 Å². The minimum Gasteiger partial charge on any atom is -0.462 e. The molecule has 154 valence electrons. The van der Waals surface area contributed by atoms with Crippen molar-refractivity contribution in [2.75, 3.05) is 23.4 Å². The maximum absolute atomic E-state index is 12.4. The van der Waals surface area contributed by atoms with Crippen molar-refractivity contribution in [2.24, 2.45) is 0 Å². The zero-order chi connectivity index (χ0) is 21.1. The van der Waals surface area contributed by atoms with Crippen LogP contribution in [0.25, 0.3) is 11.3 Å². The first kappa shape index (κ1) is 20.3. The van der Waals surface area contributed by atoms with Gasteiger partial charge in [-0.2, -0.15) is 0 Å². The van der Waals surface area contributed by atoms with Gasteiger partial charge in [0.15, 0.2) is 10.3 Å². The maximum atomic E-state index is 12.4. The number of nitrogens with two attached hydrogens (primary N) is 1. The summed E-state index contributed by atoms with van der Waals surface area (Å²) in [6.07, 6.45) is 3.22. The lowest BCUT2D eigenvalue weighted by Crippen LogP contribution is -2.15. The van der Waals surface area contributed by atoms with E-state index in [1.807, 2.05) is 12.1 Å². The third-order valence-corrected chi connectivity index (χ3v) is 6.35. The third-order valence-electron chi connectivity index (χ3n) is 4.46. The number of thiazole rings is 1. The molecule has 1 aliphatic rings. The van der Waals surface area contributed by atoms with Crippen LogP contribution < -0.4 is 11.1 Å². The Morgan fingerprint density at radius 3 is 2.90 bits per heavy atom. The number of rotatable bonds is 6. The Balaban J connectivity index is 1.38. The van der Waals surface area contributed by atoms with Gasteiger partial charge in [-0.1, -0.05) is 36.0 Å². The molecular formula is C20H19N5O3S2. The largest absolute Gasteiger partial charge is 0.462 e. The van der Waals surface area contributed by atoms with Crippen LogP contribution in [0, 0.1) is 0 Å². The molecule has 4 rings (SSSR count). The quantitative estimate of drug-likeness (QED) is 0.340. The number of fused-ring (bicyclic) bond motifs is 3. The highest BCUT2D eigenvalue weighted by molar-refractivity contribution is 7.99. The molecule has 30 heavy (non-hydrogen) atoms. The number of carbonyl (C=O) groups excluding carboxylic acids is 2. The second kappa shape index (κ2) is 8.80. The summed E-state index contributed by atoms with van der Waals surface area (Å²) in [4.78, 5) is 38.1. The normalized spacial score (nSPS) is 12.0. The average Bonchev–Trinajstić information content (AvgIpc) is 3.15. The van der Waals surface area contributed by atoms with Crippen LogP contribution >= 0.6 is 23.1 Å². The van der Waals surface area contributed by atoms with E-state index in [0.29, 0.717) is 10.3 Å². The Labute approximate surface area is 181 Å². The minimum absolute atomic E-state index is 0.0256. The monoisotopic (exact) mass is 441 g/mol. The SMILES string of the molecule is CCOC(=O)c1cnc(SCC(=O)Nc2nc3c(s2)CCc2ccccc2-3)nc1N. The van der Waals surface area contributed by atoms with Crippen molar-refractivity contribution < 1.29 is 14.3 Å². The fourth-order valence-electron chi connectivity index (χ4n) is 3.10. The van der Waals surface area contributed by atoms with Crippen molar-refractivity contribution in [3.63, 3.8) is 0 Å². The summed E-state index contributed by atoms with van der Waals surface area (Å²) in [6, 6.07) is 8.22. The summed E-state index contributed by atoms with van der Waals surface area (Å²) in [5.74, 6) is -0.661. The van der Waals surface area contributed by atoms with Gasteiger partial charge in [0.05, 0.1) is 18.1 Å². The number of carbonyl (C=O) groups is 2. The number of thioether (sulfide) groups is 1. The predicted molar refractivity (Wildman–Crippen MR) is 117 cm³/mol. The molecule has 1 amide bonds. The van der Waals surface area contributed by atoms with Crippen LogP contribution in [0.2, 0.25) is 0 Å². The lowest BCUT2D eigenvalue weighted by atomic mass is 9.94. The number of nitrogen functional groups attached to an aromatic ring is 1. The van der Waals surface area contributed by atoms with Gasteiger partial charge in [-0.05, 0) is 25.3 Å². The molecule has 0 saturated carbocycles. The van der Waals surface area contributed by atoms with Gasteiger partial charge in [-0.3, -0.25) is 4.79 Å². The van der Waals surface area contributed by atoms with Crippen LogP contribution in [0.5, 0.6) is 0 Å². The fraction of sp³-hybridized carbons (Fsp3) is 0.250. The van der Waals surface area contributed by atoms with Crippen LogP contribution in [0.1, 0.15) is 27.7 Å². The molecule has 2 aromatic heterocycles. The van der Waals surface area contributed by atoms with Gasteiger partial charge in [0.2, 0.25) is 5.91 Å². The van der Waals surface area contributed by atoms with Crippen LogP contribution in [0.4, 0.5) is 10.9 Å². The molecule has 0 unspecified atom stereocenters. The highest BCUT2D eigenvalue weighted by atomic mass is 32.2. The van der Waals surface area contributed by atoms with Gasteiger partial charge >= 0.3 is 5.97 Å². The standard InChI is InChI=1S/C20H19N5O3S2/c1-2-28-18(27)13-9-22-19(25-17(13)21)29-10-15(26)23-20-24-16-12-6-4-3-5-11(12)7-8-14(16)30-20/h3-6,9H,2,7-8,10H2,1H3,(H2,21,22,25)(H,23,24,26). The summed E-state index contributed by atoms with van der Waals surface area (Å²) in [5.41, 5.74) is 9.28. The van der Waals surface area contributed by atoms with Gasteiger partial charge in [0, 0.05) is 16.6 Å². The molecule has 0 bridgehead atoms. The highest BCUT2D eigenvalue weighted by Crippen LogP contribution is 2.38. The number of nitrogens with zero attached hydrogens (tertiary/aromatic N) is 3. The second-order valence-electron chi connectivity index (χ2n) is 6.46. The van der Waals surface area contributed by atoms with E-state index in [9.17, 15) is 9.59 Å². The molecule has 0 aliphatic heterocycles. The molecule has 3 aromatic rings. The number of aromatic nitrogens is 3. The van der Waals surface area contributed by atoms with E-state index in [2.05, 4.69) is 32.4 Å². The Morgan fingerprint density at radius 2 is 2.10 bits per heavy atom. The van der Waals surface area contributed by atoms with E-state index in [4.69, 9.17) is 10.5 Å². The number of aryl methyl sites for hydroxylation is 2. The van der Waals surface area contributed by atoms with E-state index in [1.54, 1.807) is 6.92 Å². The number of ether oxygens (including phenoxy) is 1. The summed E-state index contributed by atoms with van der Waals surface area (Å²) < 4.78 is 4.89. The van der Waals surface area contributed by atoms with Crippen molar-refractivity contribution in [3.05, 3.63) is 46.5 Å². The van der Waals surface area contributed by atoms with Crippen molar-refractivity contribution in [3.8, 4) is 11.3 Å². The highest BCUT2D eigenvalue weighted by Gasteiger charge is 2.21. The van der Waals surface area contributed by atoms with E-state index in [1.165, 1.54) is 28.0 Å². The molecule has 1 aliphatic carbocycles. The van der Waals surface area contributed by atoms with Crippen LogP contribution in [0.15, 0.2) is 35.6 Å². The molecule has 3 N–H and O–H groups in total. The molecule has 10 heteroatoms. The average molecular weight is 442 g/mol. The zero-order valence-corrected chi connectivity index (χ0v) is 17.8. The van der Waals surface area contributed by atoms with Crippen molar-refractivity contribution in [1.29, 1.82) is 0 Å². The second-order valence-corrected chi connectivity index (χ2v) is 8.48. The Hall–Kier alpha value is -2.98. The molecule has 0 radical (unpaired) electrons. The summed E-state index contributed by atoms with van der Waals surface area (Å²) >= 11 is 2.64. The summed E-state index contributed by atoms with van der Waals surface area (Å²) in [6.45, 7) is 1.94. The molecular weight excluding hydrogens is 422 g/mol. The first-order valence-corrected chi connectivity index (χ1v) is 11.2. The fourth-order valence-corrected chi connectivity index (χ4v) is 4.72. The Kier molecular flexibility index (Phi) is 5.96. The van der Waals surface area contributed by atoms with Gasteiger partial charge < -0.3 is 15.8 Å². The minimum atomic E-state index is -0.571. The van der Waals surface area contributed by atoms with E-state index in [-0.39, 0.29) is 29.6 Å². The Bertz CT molecular complexity index is 1120. The van der Waals surface area contributed by atoms with Gasteiger partial charge in [-0.15, -0.1) is 11.3 Å². The van der Waals surface area contributed by atoms with Crippen LogP contribution in [0.3, 0.4) is 0 Å². The van der Waals surface area contributed by atoms with E-state index >= 15 is 0 Å². The van der Waals surface area contributed by atoms with E-state index in [0.717, 1.165) is 35.9 Å². The summed E-state index contributed by atoms with van der Waals surface area (Å²) in [7, 11) is 0. The van der Waals surface area contributed by atoms with Crippen molar-refractivity contribution >= 4 is 45.9 Å². The molecule has 0 atom stereocenters. The zero-order valence-electron chi connectivity index (χ0n) is 16.2. The first-order valence-electron chi connectivity index (χ1n) is 9.35. The number of esters is 1.